The Morgan fingerprint density at radius 3 is 2.82 bits per heavy atom. The lowest BCUT2D eigenvalue weighted by Crippen LogP contribution is -2.03. The third kappa shape index (κ3) is 2.80. The second-order valence-electron chi connectivity index (χ2n) is 4.81. The molecule has 2 aromatic carbocycles. The number of anilines is 2. The minimum absolute atomic E-state index is 0.316. The molecule has 1 aromatic heterocycles. The first-order valence-corrected chi connectivity index (χ1v) is 7.90. The molecule has 0 bridgehead atoms. The second-order valence-corrected chi connectivity index (χ2v) is 5.80. The smallest absolute Gasteiger partial charge is 0.350 e. The van der Waals surface area contributed by atoms with Crippen molar-refractivity contribution in [2.45, 2.75) is 13.8 Å². The number of nitrogens with one attached hydrogen (secondary N) is 1. The van der Waals surface area contributed by atoms with Crippen LogP contribution in [0, 0.1) is 6.92 Å². The summed E-state index contributed by atoms with van der Waals surface area (Å²) in [7, 11) is 0. The summed E-state index contributed by atoms with van der Waals surface area (Å²) in [5, 5.41) is 6.28. The third-order valence-electron chi connectivity index (χ3n) is 3.29. The number of aromatic nitrogens is 1. The van der Waals surface area contributed by atoms with Crippen molar-refractivity contribution in [3.63, 3.8) is 0 Å². The molecule has 0 atom stereocenters. The summed E-state index contributed by atoms with van der Waals surface area (Å²) in [6.45, 7) is 3.98. The Morgan fingerprint density at radius 1 is 1.23 bits per heavy atom. The number of benzene rings is 2. The quantitative estimate of drug-likeness (QED) is 0.719. The van der Waals surface area contributed by atoms with E-state index < -0.39 is 0 Å². The van der Waals surface area contributed by atoms with E-state index in [1.165, 1.54) is 11.3 Å². The monoisotopic (exact) mass is 312 g/mol. The number of fused-ring (bicyclic) bond motifs is 1. The average molecular weight is 312 g/mol. The van der Waals surface area contributed by atoms with Crippen molar-refractivity contribution in [3.8, 4) is 0 Å². The van der Waals surface area contributed by atoms with Crippen molar-refractivity contribution in [1.82, 2.24) is 4.98 Å². The van der Waals surface area contributed by atoms with Crippen LogP contribution in [-0.2, 0) is 4.74 Å². The van der Waals surface area contributed by atoms with Crippen LogP contribution in [0.1, 0.15) is 22.3 Å². The lowest BCUT2D eigenvalue weighted by Gasteiger charge is -2.06. The molecule has 0 radical (unpaired) electrons. The van der Waals surface area contributed by atoms with Crippen molar-refractivity contribution in [1.29, 1.82) is 0 Å². The van der Waals surface area contributed by atoms with Gasteiger partial charge in [0.2, 0.25) is 0 Å². The number of nitrogens with zero attached hydrogens (tertiary/aromatic N) is 1. The SMILES string of the molecule is CCOC(=O)c1sc(Nc2cccc3ccccc23)nc1C. The molecule has 5 heteroatoms. The number of ether oxygens (including phenoxy) is 1. The van der Waals surface area contributed by atoms with Crippen LogP contribution in [0.5, 0.6) is 0 Å². The molecule has 0 fully saturated rings. The largest absolute Gasteiger partial charge is 0.462 e. The molecule has 0 aliphatic heterocycles. The average Bonchev–Trinajstić information content (AvgIpc) is 2.89. The molecule has 0 spiro atoms. The summed E-state index contributed by atoms with van der Waals surface area (Å²) >= 11 is 1.31. The van der Waals surface area contributed by atoms with E-state index in [-0.39, 0.29) is 5.97 Å². The number of hydrogen-bond acceptors (Lipinski definition) is 5. The Labute approximate surface area is 132 Å². The Hall–Kier alpha value is -2.40. The molecule has 0 aliphatic rings. The van der Waals surface area contributed by atoms with Gasteiger partial charge in [0.05, 0.1) is 12.3 Å². The third-order valence-corrected chi connectivity index (χ3v) is 4.34. The number of hydrogen-bond donors (Lipinski definition) is 1. The Kier molecular flexibility index (Phi) is 4.06. The Morgan fingerprint density at radius 2 is 2.00 bits per heavy atom. The summed E-state index contributed by atoms with van der Waals surface area (Å²) in [6, 6.07) is 14.2. The van der Waals surface area contributed by atoms with Crippen molar-refractivity contribution < 1.29 is 9.53 Å². The maximum absolute atomic E-state index is 11.9. The van der Waals surface area contributed by atoms with Gasteiger partial charge in [-0.15, -0.1) is 0 Å². The van der Waals surface area contributed by atoms with Gasteiger partial charge in [-0.1, -0.05) is 47.7 Å². The molecule has 4 nitrogen and oxygen atoms in total. The summed E-state index contributed by atoms with van der Waals surface area (Å²) in [4.78, 5) is 16.8. The Bertz CT molecular complexity index is 821. The fourth-order valence-corrected chi connectivity index (χ4v) is 3.16. The molecule has 3 rings (SSSR count). The van der Waals surface area contributed by atoms with Crippen LogP contribution in [-0.4, -0.2) is 17.6 Å². The maximum Gasteiger partial charge on any atom is 0.350 e. The number of esters is 1. The van der Waals surface area contributed by atoms with E-state index >= 15 is 0 Å². The molecule has 0 amide bonds. The molecule has 0 unspecified atom stereocenters. The normalized spacial score (nSPS) is 10.6. The van der Waals surface area contributed by atoms with Gasteiger partial charge in [-0.3, -0.25) is 0 Å². The maximum atomic E-state index is 11.9. The van der Waals surface area contributed by atoms with Gasteiger partial charge in [0.25, 0.3) is 0 Å². The van der Waals surface area contributed by atoms with Crippen molar-refractivity contribution in [3.05, 3.63) is 53.0 Å². The highest BCUT2D eigenvalue weighted by atomic mass is 32.1. The highest BCUT2D eigenvalue weighted by Crippen LogP contribution is 2.30. The minimum atomic E-state index is -0.316. The first-order chi connectivity index (χ1) is 10.7. The number of carbonyl (C=O) groups is 1. The fourth-order valence-electron chi connectivity index (χ4n) is 2.29. The number of thiazole rings is 1. The topological polar surface area (TPSA) is 51.2 Å². The van der Waals surface area contributed by atoms with Crippen molar-refractivity contribution in [2.24, 2.45) is 0 Å². The molecule has 1 heterocycles. The molecular formula is C17H16N2O2S. The van der Waals surface area contributed by atoms with E-state index in [9.17, 15) is 4.79 Å². The fraction of sp³-hybridized carbons (Fsp3) is 0.176. The van der Waals surface area contributed by atoms with Crippen LogP contribution in [0.2, 0.25) is 0 Å². The van der Waals surface area contributed by atoms with Gasteiger partial charge in [0, 0.05) is 11.1 Å². The van der Waals surface area contributed by atoms with E-state index in [0.717, 1.165) is 16.5 Å². The van der Waals surface area contributed by atoms with Gasteiger partial charge in [-0.25, -0.2) is 9.78 Å². The van der Waals surface area contributed by atoms with Crippen LogP contribution in [0.15, 0.2) is 42.5 Å². The van der Waals surface area contributed by atoms with Crippen LogP contribution < -0.4 is 5.32 Å². The molecule has 22 heavy (non-hydrogen) atoms. The predicted molar refractivity (Wildman–Crippen MR) is 90.0 cm³/mol. The number of rotatable bonds is 4. The summed E-state index contributed by atoms with van der Waals surface area (Å²) in [5.74, 6) is -0.316. The second kappa shape index (κ2) is 6.15. The van der Waals surface area contributed by atoms with Gasteiger partial charge >= 0.3 is 5.97 Å². The van der Waals surface area contributed by atoms with E-state index in [1.807, 2.05) is 31.2 Å². The molecule has 1 N–H and O–H groups in total. The van der Waals surface area contributed by atoms with Crippen molar-refractivity contribution in [2.75, 3.05) is 11.9 Å². The van der Waals surface area contributed by atoms with E-state index in [2.05, 4.69) is 28.5 Å². The van der Waals surface area contributed by atoms with Crippen LogP contribution in [0.4, 0.5) is 10.8 Å². The lowest BCUT2D eigenvalue weighted by atomic mass is 10.1. The van der Waals surface area contributed by atoms with Crippen molar-refractivity contribution >= 4 is 38.9 Å². The zero-order valence-corrected chi connectivity index (χ0v) is 13.2. The number of aryl methyl sites for hydroxylation is 1. The van der Waals surface area contributed by atoms with Gasteiger partial charge in [-0.05, 0) is 25.3 Å². The first-order valence-electron chi connectivity index (χ1n) is 7.08. The molecule has 0 aliphatic carbocycles. The Balaban J connectivity index is 1.93. The minimum Gasteiger partial charge on any atom is -0.462 e. The van der Waals surface area contributed by atoms with Gasteiger partial charge in [-0.2, -0.15) is 0 Å². The molecule has 112 valence electrons. The van der Waals surface area contributed by atoms with Gasteiger partial charge < -0.3 is 10.1 Å². The first kappa shape index (κ1) is 14.5. The van der Waals surface area contributed by atoms with E-state index in [0.29, 0.717) is 22.3 Å². The highest BCUT2D eigenvalue weighted by molar-refractivity contribution is 7.17. The molecule has 0 saturated carbocycles. The molecule has 3 aromatic rings. The standard InChI is InChI=1S/C17H16N2O2S/c1-3-21-16(20)15-11(2)18-17(22-15)19-14-10-6-8-12-7-4-5-9-13(12)14/h4-10H,3H2,1-2H3,(H,18,19). The van der Waals surface area contributed by atoms with Crippen LogP contribution in [0.3, 0.4) is 0 Å². The van der Waals surface area contributed by atoms with Gasteiger partial charge in [0.1, 0.15) is 4.88 Å². The lowest BCUT2D eigenvalue weighted by molar-refractivity contribution is 0.0531. The van der Waals surface area contributed by atoms with Gasteiger partial charge in [0.15, 0.2) is 5.13 Å². The summed E-state index contributed by atoms with van der Waals surface area (Å²) in [6.07, 6.45) is 0. The highest BCUT2D eigenvalue weighted by Gasteiger charge is 2.16. The zero-order chi connectivity index (χ0) is 15.5. The van der Waals surface area contributed by atoms with E-state index in [1.54, 1.807) is 6.92 Å². The summed E-state index contributed by atoms with van der Waals surface area (Å²) in [5.41, 5.74) is 1.66. The van der Waals surface area contributed by atoms with Crippen LogP contribution in [0.25, 0.3) is 10.8 Å². The molecular weight excluding hydrogens is 296 g/mol. The zero-order valence-electron chi connectivity index (χ0n) is 12.4. The predicted octanol–water partition coefficient (Wildman–Crippen LogP) is 4.53. The summed E-state index contributed by atoms with van der Waals surface area (Å²) < 4.78 is 5.05. The molecule has 0 saturated heterocycles. The number of carbonyl (C=O) groups excluding carboxylic acids is 1. The van der Waals surface area contributed by atoms with Crippen LogP contribution >= 0.6 is 11.3 Å². The van der Waals surface area contributed by atoms with E-state index in [4.69, 9.17) is 4.74 Å².